The lowest BCUT2D eigenvalue weighted by atomic mass is 9.87. The van der Waals surface area contributed by atoms with Crippen LogP contribution < -0.4 is 11.5 Å². The minimum Gasteiger partial charge on any atom is -0.396 e. The van der Waals surface area contributed by atoms with Crippen molar-refractivity contribution in [2.45, 2.75) is 25.7 Å². The molecule has 0 aromatic rings. The lowest BCUT2D eigenvalue weighted by Crippen LogP contribution is -2.29. The highest BCUT2D eigenvalue weighted by atomic mass is 16.3. The van der Waals surface area contributed by atoms with E-state index in [0.29, 0.717) is 6.54 Å². The molecule has 1 rings (SSSR count). The molecule has 0 radical (unpaired) electrons. The number of nitrogens with zero attached hydrogens (tertiary/aromatic N) is 1. The summed E-state index contributed by atoms with van der Waals surface area (Å²) in [5.74, 6) is 0.120. The molecule has 0 bridgehead atoms. The molecule has 0 saturated heterocycles. The molecule has 1 aliphatic carbocycles. The van der Waals surface area contributed by atoms with Crippen LogP contribution in [-0.4, -0.2) is 24.2 Å². The molecule has 0 unspecified atom stereocenters. The maximum Gasteiger partial charge on any atom is 0.185 e. The molecule has 0 spiro atoms. The monoisotopic (exact) mass is 171 g/mol. The highest BCUT2D eigenvalue weighted by molar-refractivity contribution is 5.75. The normalized spacial score (nSPS) is 20.8. The van der Waals surface area contributed by atoms with Gasteiger partial charge in [-0.2, -0.15) is 0 Å². The number of aliphatic hydroxyl groups is 1. The first-order valence-corrected chi connectivity index (χ1v) is 4.35. The van der Waals surface area contributed by atoms with E-state index in [-0.39, 0.29) is 18.0 Å². The van der Waals surface area contributed by atoms with E-state index in [0.717, 1.165) is 12.8 Å². The SMILES string of the molecule is NC(N)=NCC1(CO)CCCC1. The smallest absolute Gasteiger partial charge is 0.185 e. The summed E-state index contributed by atoms with van der Waals surface area (Å²) in [7, 11) is 0. The van der Waals surface area contributed by atoms with Crippen LogP contribution in [0.5, 0.6) is 0 Å². The summed E-state index contributed by atoms with van der Waals surface area (Å²) in [6.45, 7) is 0.773. The maximum atomic E-state index is 9.18. The van der Waals surface area contributed by atoms with E-state index in [4.69, 9.17) is 11.5 Å². The van der Waals surface area contributed by atoms with Crippen molar-refractivity contribution in [2.75, 3.05) is 13.2 Å². The fraction of sp³-hybridized carbons (Fsp3) is 0.875. The summed E-state index contributed by atoms with van der Waals surface area (Å²) < 4.78 is 0. The summed E-state index contributed by atoms with van der Waals surface area (Å²) in [6, 6.07) is 0. The van der Waals surface area contributed by atoms with Crippen molar-refractivity contribution >= 4 is 5.96 Å². The van der Waals surface area contributed by atoms with Gasteiger partial charge < -0.3 is 16.6 Å². The van der Waals surface area contributed by atoms with Gasteiger partial charge in [-0.25, -0.2) is 0 Å². The van der Waals surface area contributed by atoms with Crippen LogP contribution >= 0.6 is 0 Å². The Morgan fingerprint density at radius 3 is 2.33 bits per heavy atom. The molecule has 0 aliphatic heterocycles. The standard InChI is InChI=1S/C8H17N3O/c9-7(10)11-5-8(6-12)3-1-2-4-8/h12H,1-6H2,(H4,9,10,11). The second kappa shape index (κ2) is 3.76. The van der Waals surface area contributed by atoms with Gasteiger partial charge in [0.05, 0.1) is 13.2 Å². The third kappa shape index (κ3) is 2.11. The number of hydrogen-bond donors (Lipinski definition) is 3. The summed E-state index contributed by atoms with van der Waals surface area (Å²) in [5, 5.41) is 9.18. The van der Waals surface area contributed by atoms with E-state index >= 15 is 0 Å². The molecule has 1 saturated carbocycles. The molecule has 1 fully saturated rings. The summed E-state index contributed by atoms with van der Waals surface area (Å²) >= 11 is 0. The van der Waals surface area contributed by atoms with Crippen molar-refractivity contribution < 1.29 is 5.11 Å². The lowest BCUT2D eigenvalue weighted by molar-refractivity contribution is 0.139. The fourth-order valence-corrected chi connectivity index (χ4v) is 1.75. The van der Waals surface area contributed by atoms with Crippen LogP contribution in [-0.2, 0) is 0 Å². The van der Waals surface area contributed by atoms with E-state index < -0.39 is 0 Å². The Morgan fingerprint density at radius 1 is 1.33 bits per heavy atom. The fourth-order valence-electron chi connectivity index (χ4n) is 1.75. The lowest BCUT2D eigenvalue weighted by Gasteiger charge is -2.23. The largest absolute Gasteiger partial charge is 0.396 e. The van der Waals surface area contributed by atoms with Crippen LogP contribution in [0.3, 0.4) is 0 Å². The highest BCUT2D eigenvalue weighted by Crippen LogP contribution is 2.37. The van der Waals surface area contributed by atoms with Gasteiger partial charge in [0.1, 0.15) is 0 Å². The van der Waals surface area contributed by atoms with Gasteiger partial charge in [0, 0.05) is 5.41 Å². The van der Waals surface area contributed by atoms with E-state index in [1.54, 1.807) is 0 Å². The Bertz CT molecular complexity index is 169. The first-order chi connectivity index (χ1) is 5.68. The van der Waals surface area contributed by atoms with Crippen molar-refractivity contribution in [2.24, 2.45) is 21.9 Å². The number of aliphatic hydroxyl groups excluding tert-OH is 1. The van der Waals surface area contributed by atoms with E-state index in [1.165, 1.54) is 12.8 Å². The van der Waals surface area contributed by atoms with Gasteiger partial charge in [0.15, 0.2) is 5.96 Å². The molecule has 4 heteroatoms. The predicted octanol–water partition coefficient (Wildman–Crippen LogP) is -0.188. The van der Waals surface area contributed by atoms with E-state index in [1.807, 2.05) is 0 Å². The van der Waals surface area contributed by atoms with Gasteiger partial charge in [-0.1, -0.05) is 12.8 Å². The van der Waals surface area contributed by atoms with Crippen LogP contribution in [0.2, 0.25) is 0 Å². The zero-order valence-corrected chi connectivity index (χ0v) is 7.29. The first kappa shape index (κ1) is 9.32. The molecule has 0 aromatic heterocycles. The first-order valence-electron chi connectivity index (χ1n) is 4.35. The van der Waals surface area contributed by atoms with Gasteiger partial charge in [-0.05, 0) is 12.8 Å². The van der Waals surface area contributed by atoms with Crippen LogP contribution in [0, 0.1) is 5.41 Å². The topological polar surface area (TPSA) is 84.6 Å². The number of guanidine groups is 1. The van der Waals surface area contributed by atoms with Gasteiger partial charge >= 0.3 is 0 Å². The summed E-state index contributed by atoms with van der Waals surface area (Å²) in [4.78, 5) is 3.96. The van der Waals surface area contributed by atoms with Crippen molar-refractivity contribution in [3.63, 3.8) is 0 Å². The van der Waals surface area contributed by atoms with Crippen LogP contribution in [0.15, 0.2) is 4.99 Å². The van der Waals surface area contributed by atoms with Crippen LogP contribution in [0.4, 0.5) is 0 Å². The Hall–Kier alpha value is -0.770. The summed E-state index contributed by atoms with van der Waals surface area (Å²) in [5.41, 5.74) is 10.4. The molecule has 0 amide bonds. The Morgan fingerprint density at radius 2 is 1.92 bits per heavy atom. The summed E-state index contributed by atoms with van der Waals surface area (Å²) in [6.07, 6.45) is 4.45. The zero-order valence-electron chi connectivity index (χ0n) is 7.29. The number of aliphatic imine (C=N–C) groups is 1. The van der Waals surface area contributed by atoms with E-state index in [2.05, 4.69) is 4.99 Å². The third-order valence-corrected chi connectivity index (χ3v) is 2.60. The Labute approximate surface area is 72.7 Å². The average molecular weight is 171 g/mol. The Balaban J connectivity index is 2.50. The average Bonchev–Trinajstić information content (AvgIpc) is 2.50. The molecule has 70 valence electrons. The van der Waals surface area contributed by atoms with Crippen LogP contribution in [0.1, 0.15) is 25.7 Å². The van der Waals surface area contributed by atoms with Gasteiger partial charge in [-0.15, -0.1) is 0 Å². The van der Waals surface area contributed by atoms with Crippen molar-refractivity contribution in [1.29, 1.82) is 0 Å². The molecule has 5 N–H and O–H groups in total. The predicted molar refractivity (Wildman–Crippen MR) is 48.7 cm³/mol. The molecule has 4 nitrogen and oxygen atoms in total. The number of nitrogens with two attached hydrogens (primary N) is 2. The second-order valence-electron chi connectivity index (χ2n) is 3.61. The zero-order chi connectivity index (χ0) is 9.03. The van der Waals surface area contributed by atoms with Gasteiger partial charge in [-0.3, -0.25) is 4.99 Å². The minimum absolute atomic E-state index is 0.0238. The maximum absolute atomic E-state index is 9.18. The minimum atomic E-state index is -0.0238. The van der Waals surface area contributed by atoms with Gasteiger partial charge in [0.2, 0.25) is 0 Å². The molecule has 0 atom stereocenters. The third-order valence-electron chi connectivity index (χ3n) is 2.60. The molecular weight excluding hydrogens is 154 g/mol. The molecule has 1 aliphatic rings. The molecule has 0 aromatic carbocycles. The number of rotatable bonds is 3. The second-order valence-corrected chi connectivity index (χ2v) is 3.61. The van der Waals surface area contributed by atoms with E-state index in [9.17, 15) is 5.11 Å². The van der Waals surface area contributed by atoms with Crippen molar-refractivity contribution in [3.8, 4) is 0 Å². The quantitative estimate of drug-likeness (QED) is 0.406. The van der Waals surface area contributed by atoms with Crippen LogP contribution in [0.25, 0.3) is 0 Å². The highest BCUT2D eigenvalue weighted by Gasteiger charge is 2.32. The van der Waals surface area contributed by atoms with Gasteiger partial charge in [0.25, 0.3) is 0 Å². The molecule has 12 heavy (non-hydrogen) atoms. The van der Waals surface area contributed by atoms with Crippen molar-refractivity contribution in [3.05, 3.63) is 0 Å². The number of hydrogen-bond acceptors (Lipinski definition) is 2. The van der Waals surface area contributed by atoms with Crippen molar-refractivity contribution in [1.82, 2.24) is 0 Å². The molecular formula is C8H17N3O. The Kier molecular flexibility index (Phi) is 2.92. The molecule has 0 heterocycles.